The van der Waals surface area contributed by atoms with E-state index in [0.717, 1.165) is 12.8 Å². The lowest BCUT2D eigenvalue weighted by atomic mass is 10.1. The fourth-order valence-electron chi connectivity index (χ4n) is 2.37. The SMILES string of the molecule is CC[C@@H](Oc1ccc(Cl)cc1)C(=O)NCCCc1ccc(C)cc1. The van der Waals surface area contributed by atoms with Crippen molar-refractivity contribution in [1.29, 1.82) is 0 Å². The van der Waals surface area contributed by atoms with Crippen molar-refractivity contribution in [3.05, 3.63) is 64.7 Å². The zero-order valence-corrected chi connectivity index (χ0v) is 15.0. The van der Waals surface area contributed by atoms with Gasteiger partial charge in [-0.1, -0.05) is 48.4 Å². The molecule has 3 nitrogen and oxygen atoms in total. The van der Waals surface area contributed by atoms with Gasteiger partial charge in [0.2, 0.25) is 0 Å². The fraction of sp³-hybridized carbons (Fsp3) is 0.350. The molecule has 128 valence electrons. The summed E-state index contributed by atoms with van der Waals surface area (Å²) in [6.07, 6.45) is 2.00. The first kappa shape index (κ1) is 18.3. The maximum absolute atomic E-state index is 12.2. The van der Waals surface area contributed by atoms with Crippen LogP contribution in [0.25, 0.3) is 0 Å². The standard InChI is InChI=1S/C20H24ClNO2/c1-3-19(24-18-12-10-17(21)11-13-18)20(23)22-14-4-5-16-8-6-15(2)7-9-16/h6-13,19H,3-5,14H2,1-2H3,(H,22,23)/t19-/m1/s1. The molecule has 0 unspecified atom stereocenters. The molecule has 0 heterocycles. The summed E-state index contributed by atoms with van der Waals surface area (Å²) >= 11 is 5.85. The van der Waals surface area contributed by atoms with Crippen LogP contribution in [0.5, 0.6) is 5.75 Å². The lowest BCUT2D eigenvalue weighted by Crippen LogP contribution is -2.38. The summed E-state index contributed by atoms with van der Waals surface area (Å²) in [6.45, 7) is 4.66. The van der Waals surface area contributed by atoms with Gasteiger partial charge in [0, 0.05) is 11.6 Å². The molecular formula is C20H24ClNO2. The Balaban J connectivity index is 1.75. The molecule has 0 fully saturated rings. The molecule has 0 aliphatic rings. The zero-order chi connectivity index (χ0) is 17.4. The summed E-state index contributed by atoms with van der Waals surface area (Å²) in [5.41, 5.74) is 2.55. The molecule has 0 aliphatic heterocycles. The monoisotopic (exact) mass is 345 g/mol. The van der Waals surface area contributed by atoms with E-state index in [1.165, 1.54) is 11.1 Å². The summed E-state index contributed by atoms with van der Waals surface area (Å²) in [4.78, 5) is 12.2. The Labute approximate surface area is 149 Å². The van der Waals surface area contributed by atoms with Crippen LogP contribution >= 0.6 is 11.6 Å². The van der Waals surface area contributed by atoms with Crippen molar-refractivity contribution >= 4 is 17.5 Å². The highest BCUT2D eigenvalue weighted by Crippen LogP contribution is 2.17. The number of hydrogen-bond donors (Lipinski definition) is 1. The minimum atomic E-state index is -0.481. The molecule has 0 aliphatic carbocycles. The second kappa shape index (κ2) is 9.33. The topological polar surface area (TPSA) is 38.3 Å². The van der Waals surface area contributed by atoms with Gasteiger partial charge in [0.05, 0.1) is 0 Å². The van der Waals surface area contributed by atoms with Gasteiger partial charge >= 0.3 is 0 Å². The number of ether oxygens (including phenoxy) is 1. The number of hydrogen-bond acceptors (Lipinski definition) is 2. The van der Waals surface area contributed by atoms with E-state index in [1.54, 1.807) is 24.3 Å². The molecule has 2 rings (SSSR count). The largest absolute Gasteiger partial charge is 0.481 e. The van der Waals surface area contributed by atoms with E-state index in [2.05, 4.69) is 36.5 Å². The van der Waals surface area contributed by atoms with Crippen molar-refractivity contribution in [3.8, 4) is 5.75 Å². The van der Waals surface area contributed by atoms with Crippen molar-refractivity contribution in [2.75, 3.05) is 6.54 Å². The maximum atomic E-state index is 12.2. The molecule has 2 aromatic carbocycles. The lowest BCUT2D eigenvalue weighted by molar-refractivity contribution is -0.128. The number of rotatable bonds is 8. The van der Waals surface area contributed by atoms with Crippen molar-refractivity contribution in [1.82, 2.24) is 5.32 Å². The maximum Gasteiger partial charge on any atom is 0.261 e. The van der Waals surface area contributed by atoms with Crippen LogP contribution in [0.2, 0.25) is 5.02 Å². The summed E-state index contributed by atoms with van der Waals surface area (Å²) in [5, 5.41) is 3.61. The Morgan fingerprint density at radius 3 is 2.42 bits per heavy atom. The summed E-state index contributed by atoms with van der Waals surface area (Å²) in [7, 11) is 0. The van der Waals surface area contributed by atoms with Gasteiger partial charge in [-0.3, -0.25) is 4.79 Å². The second-order valence-corrected chi connectivity index (χ2v) is 6.29. The third-order valence-corrected chi connectivity index (χ3v) is 4.07. The van der Waals surface area contributed by atoms with Gasteiger partial charge in [-0.2, -0.15) is 0 Å². The van der Waals surface area contributed by atoms with Crippen LogP contribution in [-0.2, 0) is 11.2 Å². The number of carbonyl (C=O) groups is 1. The van der Waals surface area contributed by atoms with Crippen molar-refractivity contribution < 1.29 is 9.53 Å². The van der Waals surface area contributed by atoms with E-state index in [1.807, 2.05) is 6.92 Å². The molecule has 1 atom stereocenters. The van der Waals surface area contributed by atoms with Crippen LogP contribution in [0.4, 0.5) is 0 Å². The van der Waals surface area contributed by atoms with Gasteiger partial charge < -0.3 is 10.1 Å². The highest BCUT2D eigenvalue weighted by atomic mass is 35.5. The van der Waals surface area contributed by atoms with E-state index in [9.17, 15) is 4.79 Å². The Morgan fingerprint density at radius 2 is 1.79 bits per heavy atom. The first-order valence-corrected chi connectivity index (χ1v) is 8.71. The number of benzene rings is 2. The highest BCUT2D eigenvalue weighted by molar-refractivity contribution is 6.30. The summed E-state index contributed by atoms with van der Waals surface area (Å²) < 4.78 is 5.74. The van der Waals surface area contributed by atoms with Crippen LogP contribution in [0.3, 0.4) is 0 Å². The van der Waals surface area contributed by atoms with E-state index in [4.69, 9.17) is 16.3 Å². The van der Waals surface area contributed by atoms with E-state index in [0.29, 0.717) is 23.7 Å². The van der Waals surface area contributed by atoms with Crippen LogP contribution < -0.4 is 10.1 Å². The molecule has 4 heteroatoms. The van der Waals surface area contributed by atoms with Crippen molar-refractivity contribution in [2.24, 2.45) is 0 Å². The molecule has 0 saturated heterocycles. The molecule has 0 radical (unpaired) electrons. The molecule has 0 bridgehead atoms. The average Bonchev–Trinajstić information content (AvgIpc) is 2.59. The van der Waals surface area contributed by atoms with Gasteiger partial charge in [-0.25, -0.2) is 0 Å². The molecule has 1 N–H and O–H groups in total. The number of halogens is 1. The fourth-order valence-corrected chi connectivity index (χ4v) is 2.50. The van der Waals surface area contributed by atoms with Crippen molar-refractivity contribution in [2.45, 2.75) is 39.2 Å². The zero-order valence-electron chi connectivity index (χ0n) is 14.2. The van der Waals surface area contributed by atoms with Gasteiger partial charge in [0.25, 0.3) is 5.91 Å². The van der Waals surface area contributed by atoms with Crippen molar-refractivity contribution in [3.63, 3.8) is 0 Å². The Morgan fingerprint density at radius 1 is 1.12 bits per heavy atom. The molecule has 0 aromatic heterocycles. The summed E-state index contributed by atoms with van der Waals surface area (Å²) in [6, 6.07) is 15.5. The van der Waals surface area contributed by atoms with Gasteiger partial charge in [-0.15, -0.1) is 0 Å². The van der Waals surface area contributed by atoms with E-state index >= 15 is 0 Å². The van der Waals surface area contributed by atoms with E-state index in [-0.39, 0.29) is 5.91 Å². The molecule has 0 spiro atoms. The van der Waals surface area contributed by atoms with Gasteiger partial charge in [0.1, 0.15) is 5.75 Å². The predicted octanol–water partition coefficient (Wildman–Crippen LogP) is 4.55. The first-order chi connectivity index (χ1) is 11.6. The lowest BCUT2D eigenvalue weighted by Gasteiger charge is -2.17. The number of nitrogens with one attached hydrogen (secondary N) is 1. The third-order valence-electron chi connectivity index (χ3n) is 3.82. The minimum absolute atomic E-state index is 0.0728. The summed E-state index contributed by atoms with van der Waals surface area (Å²) in [5.74, 6) is 0.581. The predicted molar refractivity (Wildman–Crippen MR) is 98.7 cm³/mol. The van der Waals surface area contributed by atoms with Gasteiger partial charge in [-0.05, 0) is 56.0 Å². The first-order valence-electron chi connectivity index (χ1n) is 8.34. The third kappa shape index (κ3) is 5.89. The van der Waals surface area contributed by atoms with Gasteiger partial charge in [0.15, 0.2) is 6.10 Å². The molecule has 24 heavy (non-hydrogen) atoms. The molecular weight excluding hydrogens is 322 g/mol. The molecule has 0 saturated carbocycles. The minimum Gasteiger partial charge on any atom is -0.481 e. The molecule has 1 amide bonds. The van der Waals surface area contributed by atoms with Crippen LogP contribution in [0.1, 0.15) is 30.9 Å². The highest BCUT2D eigenvalue weighted by Gasteiger charge is 2.17. The van der Waals surface area contributed by atoms with Crippen LogP contribution in [-0.4, -0.2) is 18.6 Å². The smallest absolute Gasteiger partial charge is 0.261 e. The number of carbonyl (C=O) groups excluding carboxylic acids is 1. The van der Waals surface area contributed by atoms with Crippen LogP contribution in [0.15, 0.2) is 48.5 Å². The van der Waals surface area contributed by atoms with E-state index < -0.39 is 6.10 Å². The Kier molecular flexibility index (Phi) is 7.13. The van der Waals surface area contributed by atoms with Crippen LogP contribution in [0, 0.1) is 6.92 Å². The molecule has 2 aromatic rings. The average molecular weight is 346 g/mol. The Hall–Kier alpha value is -2.00. The number of aryl methyl sites for hydroxylation is 2. The normalized spacial score (nSPS) is 11.8. The quantitative estimate of drug-likeness (QED) is 0.712. The number of amides is 1. The second-order valence-electron chi connectivity index (χ2n) is 5.85. The Bertz CT molecular complexity index is 638.